The Morgan fingerprint density at radius 1 is 1.04 bits per heavy atom. The van der Waals surface area contributed by atoms with Gasteiger partial charge in [0, 0.05) is 24.2 Å². The Morgan fingerprint density at radius 3 is 2.56 bits per heavy atom. The Bertz CT molecular complexity index is 634. The van der Waals surface area contributed by atoms with Crippen LogP contribution in [0.25, 0.3) is 0 Å². The van der Waals surface area contributed by atoms with Crippen LogP contribution in [0.15, 0.2) is 42.5 Å². The molecule has 4 nitrogen and oxygen atoms in total. The topological polar surface area (TPSA) is 50.7 Å². The van der Waals surface area contributed by atoms with Crippen LogP contribution >= 0.6 is 11.6 Å². The summed E-state index contributed by atoms with van der Waals surface area (Å²) in [7, 11) is 1.63. The first-order chi connectivity index (χ1) is 12.2. The minimum Gasteiger partial charge on any atom is -0.493 e. The normalized spacial score (nSPS) is 10.7. The molecule has 2 aromatic rings. The van der Waals surface area contributed by atoms with Crippen LogP contribution in [0.1, 0.15) is 30.4 Å². The van der Waals surface area contributed by atoms with Gasteiger partial charge in [-0.3, -0.25) is 0 Å². The highest BCUT2D eigenvalue weighted by Gasteiger charge is 2.11. The fourth-order valence-corrected chi connectivity index (χ4v) is 2.70. The van der Waals surface area contributed by atoms with Crippen molar-refractivity contribution in [3.8, 4) is 11.5 Å². The SMILES string of the molecule is COc1cc(CNCCCCCO)c(Cl)cc1OCc1ccccc1. The van der Waals surface area contributed by atoms with E-state index in [4.69, 9.17) is 26.2 Å². The Labute approximate surface area is 154 Å². The molecule has 2 rings (SSSR count). The molecule has 0 bridgehead atoms. The van der Waals surface area contributed by atoms with Crippen LogP contribution < -0.4 is 14.8 Å². The predicted molar refractivity (Wildman–Crippen MR) is 101 cm³/mol. The number of ether oxygens (including phenoxy) is 2. The van der Waals surface area contributed by atoms with Gasteiger partial charge < -0.3 is 19.9 Å². The largest absolute Gasteiger partial charge is 0.493 e. The van der Waals surface area contributed by atoms with Crippen molar-refractivity contribution in [2.75, 3.05) is 20.3 Å². The summed E-state index contributed by atoms with van der Waals surface area (Å²) in [5.41, 5.74) is 2.07. The van der Waals surface area contributed by atoms with Gasteiger partial charge in [0.1, 0.15) is 6.61 Å². The van der Waals surface area contributed by atoms with Gasteiger partial charge in [-0.25, -0.2) is 0 Å². The molecule has 0 fully saturated rings. The van der Waals surface area contributed by atoms with Gasteiger partial charge in [-0.1, -0.05) is 41.9 Å². The molecule has 0 aliphatic heterocycles. The van der Waals surface area contributed by atoms with Gasteiger partial charge in [-0.15, -0.1) is 0 Å². The molecule has 0 unspecified atom stereocenters. The number of aliphatic hydroxyl groups is 1. The highest BCUT2D eigenvalue weighted by Crippen LogP contribution is 2.33. The number of unbranched alkanes of at least 4 members (excludes halogenated alkanes) is 2. The summed E-state index contributed by atoms with van der Waals surface area (Å²) in [5.74, 6) is 1.32. The summed E-state index contributed by atoms with van der Waals surface area (Å²) in [5, 5.41) is 12.8. The van der Waals surface area contributed by atoms with Gasteiger partial charge in [0.05, 0.1) is 7.11 Å². The third-order valence-corrected chi connectivity index (χ3v) is 4.25. The fourth-order valence-electron chi connectivity index (χ4n) is 2.48. The van der Waals surface area contributed by atoms with Gasteiger partial charge in [0.15, 0.2) is 11.5 Å². The second-order valence-electron chi connectivity index (χ2n) is 5.83. The standard InChI is InChI=1S/C20H26ClNO3/c1-24-19-12-17(14-22-10-6-3-7-11-23)18(21)13-20(19)25-15-16-8-4-2-5-9-16/h2,4-5,8-9,12-13,22-23H,3,6-7,10-11,14-15H2,1H3. The summed E-state index contributed by atoms with van der Waals surface area (Å²) in [6.07, 6.45) is 2.91. The summed E-state index contributed by atoms with van der Waals surface area (Å²) in [6.45, 7) is 2.29. The van der Waals surface area contributed by atoms with Crippen molar-refractivity contribution in [3.63, 3.8) is 0 Å². The van der Waals surface area contributed by atoms with E-state index in [1.165, 1.54) is 0 Å². The second-order valence-corrected chi connectivity index (χ2v) is 6.24. The van der Waals surface area contributed by atoms with Gasteiger partial charge in [-0.05, 0) is 43.0 Å². The number of methoxy groups -OCH3 is 1. The molecular formula is C20H26ClNO3. The molecule has 0 amide bonds. The minimum atomic E-state index is 0.257. The lowest BCUT2D eigenvalue weighted by molar-refractivity contribution is 0.282. The van der Waals surface area contributed by atoms with Crippen LogP contribution in [0.4, 0.5) is 0 Å². The van der Waals surface area contributed by atoms with Crippen molar-refractivity contribution in [1.29, 1.82) is 0 Å². The lowest BCUT2D eigenvalue weighted by atomic mass is 10.2. The van der Waals surface area contributed by atoms with E-state index in [-0.39, 0.29) is 6.61 Å². The van der Waals surface area contributed by atoms with Crippen molar-refractivity contribution in [1.82, 2.24) is 5.32 Å². The number of hydrogen-bond donors (Lipinski definition) is 2. The molecule has 0 spiro atoms. The summed E-state index contributed by atoms with van der Waals surface area (Å²) >= 11 is 6.39. The number of nitrogens with one attached hydrogen (secondary N) is 1. The molecule has 0 saturated heterocycles. The molecule has 0 aromatic heterocycles. The van der Waals surface area contributed by atoms with Gasteiger partial charge >= 0.3 is 0 Å². The number of benzene rings is 2. The van der Waals surface area contributed by atoms with Gasteiger partial charge in [0.25, 0.3) is 0 Å². The Morgan fingerprint density at radius 2 is 1.84 bits per heavy atom. The molecule has 0 heterocycles. The van der Waals surface area contributed by atoms with Crippen LogP contribution in [-0.4, -0.2) is 25.4 Å². The van der Waals surface area contributed by atoms with Crippen LogP contribution in [0.3, 0.4) is 0 Å². The van der Waals surface area contributed by atoms with Crippen molar-refractivity contribution in [2.24, 2.45) is 0 Å². The Balaban J connectivity index is 1.92. The van der Waals surface area contributed by atoms with Gasteiger partial charge in [-0.2, -0.15) is 0 Å². The number of halogens is 1. The second kappa shape index (κ2) is 11.0. The first-order valence-corrected chi connectivity index (χ1v) is 8.97. The third kappa shape index (κ3) is 6.58. The molecule has 2 aromatic carbocycles. The molecule has 0 atom stereocenters. The first-order valence-electron chi connectivity index (χ1n) is 8.59. The zero-order valence-corrected chi connectivity index (χ0v) is 15.4. The lowest BCUT2D eigenvalue weighted by Crippen LogP contribution is -2.15. The van der Waals surface area contributed by atoms with Crippen LogP contribution in [0.5, 0.6) is 11.5 Å². The Kier molecular flexibility index (Phi) is 8.60. The molecule has 2 N–H and O–H groups in total. The third-order valence-electron chi connectivity index (χ3n) is 3.90. The summed E-state index contributed by atoms with van der Waals surface area (Å²) in [6, 6.07) is 13.7. The number of rotatable bonds is 11. The zero-order chi connectivity index (χ0) is 17.9. The van der Waals surface area contributed by atoms with E-state index in [9.17, 15) is 0 Å². The number of aliphatic hydroxyl groups excluding tert-OH is 1. The smallest absolute Gasteiger partial charge is 0.163 e. The monoisotopic (exact) mass is 363 g/mol. The maximum absolute atomic E-state index is 8.77. The maximum Gasteiger partial charge on any atom is 0.163 e. The van der Waals surface area contributed by atoms with Crippen LogP contribution in [-0.2, 0) is 13.2 Å². The molecule has 0 aliphatic carbocycles. The quantitative estimate of drug-likeness (QED) is 0.588. The first kappa shape index (κ1) is 19.6. The molecule has 0 radical (unpaired) electrons. The average molecular weight is 364 g/mol. The van der Waals surface area contributed by atoms with Crippen molar-refractivity contribution < 1.29 is 14.6 Å². The molecule has 136 valence electrons. The summed E-state index contributed by atoms with van der Waals surface area (Å²) < 4.78 is 11.3. The molecular weight excluding hydrogens is 338 g/mol. The predicted octanol–water partition coefficient (Wildman–Crippen LogP) is 4.18. The fraction of sp³-hybridized carbons (Fsp3) is 0.400. The van der Waals surface area contributed by atoms with E-state index in [1.54, 1.807) is 7.11 Å². The molecule has 0 saturated carbocycles. The van der Waals surface area contributed by atoms with Crippen LogP contribution in [0, 0.1) is 0 Å². The minimum absolute atomic E-state index is 0.257. The summed E-state index contributed by atoms with van der Waals surface area (Å²) in [4.78, 5) is 0. The van der Waals surface area contributed by atoms with E-state index < -0.39 is 0 Å². The van der Waals surface area contributed by atoms with Crippen LogP contribution in [0.2, 0.25) is 5.02 Å². The van der Waals surface area contributed by atoms with E-state index in [2.05, 4.69) is 5.32 Å². The highest BCUT2D eigenvalue weighted by molar-refractivity contribution is 6.31. The molecule has 0 aliphatic rings. The van der Waals surface area contributed by atoms with Crippen molar-refractivity contribution >= 4 is 11.6 Å². The molecule has 25 heavy (non-hydrogen) atoms. The van der Waals surface area contributed by atoms with Crippen molar-refractivity contribution in [2.45, 2.75) is 32.4 Å². The zero-order valence-electron chi connectivity index (χ0n) is 14.6. The average Bonchev–Trinajstić information content (AvgIpc) is 2.65. The van der Waals surface area contributed by atoms with Crippen molar-refractivity contribution in [3.05, 3.63) is 58.6 Å². The molecule has 5 heteroatoms. The number of hydrogen-bond acceptors (Lipinski definition) is 4. The van der Waals surface area contributed by atoms with Gasteiger partial charge in [0.2, 0.25) is 0 Å². The lowest BCUT2D eigenvalue weighted by Gasteiger charge is -2.14. The Hall–Kier alpha value is -1.75. The maximum atomic E-state index is 8.77. The van der Waals surface area contributed by atoms with E-state index >= 15 is 0 Å². The highest BCUT2D eigenvalue weighted by atomic mass is 35.5. The van der Waals surface area contributed by atoms with E-state index in [0.717, 1.165) is 36.9 Å². The van der Waals surface area contributed by atoms with E-state index in [0.29, 0.717) is 29.7 Å². The van der Waals surface area contributed by atoms with E-state index in [1.807, 2.05) is 42.5 Å².